The normalized spacial score (nSPS) is 13.5. The zero-order valence-corrected chi connectivity index (χ0v) is 27.6. The molecule has 1 aliphatic heterocycles. The lowest BCUT2D eigenvalue weighted by Crippen LogP contribution is -2.43. The molecule has 1 saturated heterocycles. The third kappa shape index (κ3) is 6.95. The summed E-state index contributed by atoms with van der Waals surface area (Å²) in [5, 5.41) is 17.0. The number of nitro benzene ring substituents is 1. The van der Waals surface area contributed by atoms with Crippen LogP contribution >= 0.6 is 15.9 Å². The molecule has 1 aliphatic rings. The number of ether oxygens (including phenoxy) is 3. The summed E-state index contributed by atoms with van der Waals surface area (Å²) in [6.45, 7) is 9.66. The lowest BCUT2D eigenvalue weighted by Gasteiger charge is -2.26. The Kier molecular flexibility index (Phi) is 10.1. The van der Waals surface area contributed by atoms with Gasteiger partial charge in [-0.25, -0.2) is 4.98 Å². The van der Waals surface area contributed by atoms with E-state index in [9.17, 15) is 19.7 Å². The number of rotatable bonds is 10. The fourth-order valence-electron chi connectivity index (χ4n) is 5.22. The van der Waals surface area contributed by atoms with Crippen LogP contribution in [0, 0.1) is 17.0 Å². The highest BCUT2D eigenvalue weighted by Gasteiger charge is 2.24. The molecular formula is C33H34BrN5O7. The summed E-state index contributed by atoms with van der Waals surface area (Å²) in [6.07, 6.45) is 1.31. The predicted molar refractivity (Wildman–Crippen MR) is 178 cm³/mol. The maximum absolute atomic E-state index is 13.9. The average molecular weight is 693 g/mol. The van der Waals surface area contributed by atoms with Crippen LogP contribution in [-0.2, 0) is 9.53 Å². The fraction of sp³-hybridized carbons (Fsp3) is 0.333. The van der Waals surface area contributed by atoms with E-state index in [4.69, 9.17) is 19.2 Å². The molecule has 0 radical (unpaired) electrons. The van der Waals surface area contributed by atoms with Crippen molar-refractivity contribution < 1.29 is 23.9 Å². The van der Waals surface area contributed by atoms with E-state index in [-0.39, 0.29) is 34.6 Å². The Morgan fingerprint density at radius 1 is 1.17 bits per heavy atom. The molecule has 240 valence electrons. The van der Waals surface area contributed by atoms with E-state index in [1.54, 1.807) is 35.2 Å². The smallest absolute Gasteiger partial charge is 0.312 e. The number of carbonyl (C=O) groups is 1. The van der Waals surface area contributed by atoms with E-state index >= 15 is 0 Å². The Morgan fingerprint density at radius 3 is 2.61 bits per heavy atom. The van der Waals surface area contributed by atoms with Gasteiger partial charge in [0.05, 0.1) is 41.9 Å². The van der Waals surface area contributed by atoms with E-state index in [1.165, 1.54) is 17.0 Å². The van der Waals surface area contributed by atoms with Gasteiger partial charge in [-0.05, 0) is 61.2 Å². The quantitative estimate of drug-likeness (QED) is 0.118. The zero-order valence-electron chi connectivity index (χ0n) is 26.0. The Bertz CT molecular complexity index is 1880. The molecule has 0 aliphatic carbocycles. The summed E-state index contributed by atoms with van der Waals surface area (Å²) in [4.78, 5) is 44.7. The standard InChI is InChI=1S/C33H34BrN5O7/c1-5-45-29-14-21(4)26(17-25(29)20(2)3)32-36-27-9-7-6-8-24(27)33(41)38(32)35-18-22-15-23(34)16-28(39(42)43)31(22)46-19-30(40)37-10-12-44-13-11-37/h6-9,14-18,20H,5,10-13,19H2,1-4H3. The number of halogens is 1. The monoisotopic (exact) mass is 691 g/mol. The van der Waals surface area contributed by atoms with Gasteiger partial charge in [0.15, 0.2) is 12.4 Å². The van der Waals surface area contributed by atoms with Crippen molar-refractivity contribution in [1.29, 1.82) is 0 Å². The van der Waals surface area contributed by atoms with Gasteiger partial charge in [0, 0.05) is 34.8 Å². The Hall–Kier alpha value is -4.62. The van der Waals surface area contributed by atoms with Crippen molar-refractivity contribution in [3.8, 4) is 22.9 Å². The number of nitro groups is 1. The van der Waals surface area contributed by atoms with Crippen molar-refractivity contribution in [2.45, 2.75) is 33.6 Å². The van der Waals surface area contributed by atoms with E-state index in [1.807, 2.05) is 26.0 Å². The van der Waals surface area contributed by atoms with Gasteiger partial charge in [-0.15, -0.1) is 0 Å². The maximum Gasteiger partial charge on any atom is 0.312 e. The summed E-state index contributed by atoms with van der Waals surface area (Å²) in [7, 11) is 0. The first-order valence-electron chi connectivity index (χ1n) is 14.9. The second kappa shape index (κ2) is 14.2. The number of nitrogens with zero attached hydrogens (tertiary/aromatic N) is 5. The molecule has 13 heteroatoms. The minimum atomic E-state index is -0.595. The van der Waals surface area contributed by atoms with Crippen molar-refractivity contribution in [1.82, 2.24) is 14.6 Å². The molecule has 1 fully saturated rings. The first-order chi connectivity index (χ1) is 22.1. The number of fused-ring (bicyclic) bond motifs is 1. The Labute approximate surface area is 273 Å². The first kappa shape index (κ1) is 32.8. The zero-order chi connectivity index (χ0) is 33.0. The molecule has 0 N–H and O–H groups in total. The maximum atomic E-state index is 13.9. The van der Waals surface area contributed by atoms with Crippen LogP contribution in [0.15, 0.2) is 62.9 Å². The molecule has 1 amide bonds. The van der Waals surface area contributed by atoms with Gasteiger partial charge in [0.25, 0.3) is 11.5 Å². The number of morpholine rings is 1. The van der Waals surface area contributed by atoms with Gasteiger partial charge in [-0.2, -0.15) is 9.78 Å². The summed E-state index contributed by atoms with van der Waals surface area (Å²) < 4.78 is 18.6. The summed E-state index contributed by atoms with van der Waals surface area (Å²) in [6, 6.07) is 13.7. The molecule has 46 heavy (non-hydrogen) atoms. The number of amides is 1. The van der Waals surface area contributed by atoms with Gasteiger partial charge < -0.3 is 19.1 Å². The number of hydrogen-bond donors (Lipinski definition) is 0. The molecule has 4 aromatic rings. The number of benzene rings is 3. The van der Waals surface area contributed by atoms with Crippen molar-refractivity contribution in [3.05, 3.63) is 90.2 Å². The SMILES string of the molecule is CCOc1cc(C)c(-c2nc3ccccc3c(=O)n2N=Cc2cc(Br)cc([N+](=O)[O-])c2OCC(=O)N2CCOCC2)cc1C(C)C. The van der Waals surface area contributed by atoms with E-state index in [0.29, 0.717) is 53.8 Å². The molecule has 2 heterocycles. The van der Waals surface area contributed by atoms with Crippen molar-refractivity contribution >= 4 is 44.6 Å². The highest BCUT2D eigenvalue weighted by Crippen LogP contribution is 2.36. The van der Waals surface area contributed by atoms with Crippen molar-refractivity contribution in [2.24, 2.45) is 5.10 Å². The Morgan fingerprint density at radius 2 is 1.91 bits per heavy atom. The third-order valence-electron chi connectivity index (χ3n) is 7.55. The number of aromatic nitrogens is 2. The van der Waals surface area contributed by atoms with Crippen molar-refractivity contribution in [3.63, 3.8) is 0 Å². The predicted octanol–water partition coefficient (Wildman–Crippen LogP) is 5.68. The lowest BCUT2D eigenvalue weighted by atomic mass is 9.96. The van der Waals surface area contributed by atoms with Crippen LogP contribution in [-0.4, -0.2) is 71.1 Å². The van der Waals surface area contributed by atoms with Gasteiger partial charge in [-0.1, -0.05) is 41.9 Å². The summed E-state index contributed by atoms with van der Waals surface area (Å²) in [5.41, 5.74) is 2.35. The van der Waals surface area contributed by atoms with Crippen LogP contribution in [0.1, 0.15) is 43.4 Å². The molecule has 0 unspecified atom stereocenters. The summed E-state index contributed by atoms with van der Waals surface area (Å²) >= 11 is 3.33. The highest BCUT2D eigenvalue weighted by molar-refractivity contribution is 9.10. The molecule has 0 atom stereocenters. The largest absolute Gasteiger partial charge is 0.494 e. The Balaban J connectivity index is 1.65. The highest BCUT2D eigenvalue weighted by atomic mass is 79.9. The average Bonchev–Trinajstić information content (AvgIpc) is 3.04. The molecular weight excluding hydrogens is 658 g/mol. The van der Waals surface area contributed by atoms with Gasteiger partial charge in [0.2, 0.25) is 5.75 Å². The lowest BCUT2D eigenvalue weighted by molar-refractivity contribution is -0.385. The molecule has 0 saturated carbocycles. The van der Waals surface area contributed by atoms with E-state index in [0.717, 1.165) is 16.9 Å². The topological polar surface area (TPSA) is 138 Å². The van der Waals surface area contributed by atoms with Crippen molar-refractivity contribution in [2.75, 3.05) is 39.5 Å². The van der Waals surface area contributed by atoms with Gasteiger partial charge in [-0.3, -0.25) is 19.7 Å². The fourth-order valence-corrected chi connectivity index (χ4v) is 5.69. The van der Waals surface area contributed by atoms with Crippen LogP contribution in [0.25, 0.3) is 22.3 Å². The molecule has 1 aromatic heterocycles. The minimum Gasteiger partial charge on any atom is -0.494 e. The van der Waals surface area contributed by atoms with Crippen LogP contribution in [0.2, 0.25) is 0 Å². The van der Waals surface area contributed by atoms with Gasteiger partial charge in [0.1, 0.15) is 5.75 Å². The van der Waals surface area contributed by atoms with E-state index < -0.39 is 17.1 Å². The second-order valence-electron chi connectivity index (χ2n) is 11.0. The number of carbonyl (C=O) groups excluding carboxylic acids is 1. The molecule has 5 rings (SSSR count). The second-order valence-corrected chi connectivity index (χ2v) is 11.9. The number of aryl methyl sites for hydroxylation is 1. The van der Waals surface area contributed by atoms with Crippen LogP contribution in [0.3, 0.4) is 0 Å². The number of para-hydroxylation sites is 1. The van der Waals surface area contributed by atoms with Crippen LogP contribution < -0.4 is 15.0 Å². The molecule has 0 spiro atoms. The van der Waals surface area contributed by atoms with Crippen LogP contribution in [0.4, 0.5) is 5.69 Å². The minimum absolute atomic E-state index is 0.118. The summed E-state index contributed by atoms with van der Waals surface area (Å²) in [5.74, 6) is 0.685. The van der Waals surface area contributed by atoms with E-state index in [2.05, 4.69) is 34.9 Å². The molecule has 3 aromatic carbocycles. The van der Waals surface area contributed by atoms with Gasteiger partial charge >= 0.3 is 5.69 Å². The third-order valence-corrected chi connectivity index (χ3v) is 8.01. The number of hydrogen-bond acceptors (Lipinski definition) is 9. The molecule has 12 nitrogen and oxygen atoms in total. The molecule has 0 bridgehead atoms. The van der Waals surface area contributed by atoms with Crippen LogP contribution in [0.5, 0.6) is 11.5 Å². The first-order valence-corrected chi connectivity index (χ1v) is 15.7.